The van der Waals surface area contributed by atoms with Crippen LogP contribution >= 0.6 is 0 Å². The van der Waals surface area contributed by atoms with Crippen molar-refractivity contribution in [3.05, 3.63) is 71.3 Å². The third kappa shape index (κ3) is 3.98. The Labute approximate surface area is 153 Å². The summed E-state index contributed by atoms with van der Waals surface area (Å²) in [4.78, 5) is 0. The summed E-state index contributed by atoms with van der Waals surface area (Å²) in [6, 6.07) is 17.3. The fourth-order valence-electron chi connectivity index (χ4n) is 3.12. The van der Waals surface area contributed by atoms with Crippen molar-refractivity contribution >= 4 is 20.8 Å². The van der Waals surface area contributed by atoms with E-state index >= 15 is 0 Å². The second kappa shape index (κ2) is 7.35. The van der Waals surface area contributed by atoms with E-state index in [0.717, 1.165) is 33.4 Å². The number of nitrogens with two attached hydrogens (primary N) is 1. The van der Waals surface area contributed by atoms with Gasteiger partial charge in [0.1, 0.15) is 11.5 Å². The van der Waals surface area contributed by atoms with Crippen molar-refractivity contribution in [3.63, 3.8) is 0 Å². The van der Waals surface area contributed by atoms with Crippen LogP contribution in [0.4, 0.5) is 0 Å². The summed E-state index contributed by atoms with van der Waals surface area (Å²) in [6.07, 6.45) is 0.691. The van der Waals surface area contributed by atoms with Gasteiger partial charge >= 0.3 is 0 Å². The standard InChI is InChI=1S/C20H21NO4S/c1-24-18-11-10-16(20-17(18)4-3-5-19(20)25-2)12-14-6-8-15(9-7-14)13-26(21,22)23/h3-11H,12-13H2,1-2H3,(H2,21,22,23). The zero-order valence-corrected chi connectivity index (χ0v) is 15.5. The summed E-state index contributed by atoms with van der Waals surface area (Å²) in [5, 5.41) is 7.11. The van der Waals surface area contributed by atoms with Crippen LogP contribution in [0.1, 0.15) is 16.7 Å². The van der Waals surface area contributed by atoms with Gasteiger partial charge < -0.3 is 9.47 Å². The highest BCUT2D eigenvalue weighted by molar-refractivity contribution is 7.88. The fraction of sp³-hybridized carbons (Fsp3) is 0.200. The molecule has 0 spiro atoms. The predicted octanol–water partition coefficient (Wildman–Crippen LogP) is 3.24. The molecule has 0 aliphatic carbocycles. The molecular formula is C20H21NO4S. The first-order valence-corrected chi connectivity index (χ1v) is 9.83. The zero-order chi connectivity index (χ0) is 18.7. The number of rotatable bonds is 6. The van der Waals surface area contributed by atoms with Gasteiger partial charge in [-0.2, -0.15) is 0 Å². The first-order chi connectivity index (χ1) is 12.4. The number of sulfonamides is 1. The average Bonchev–Trinajstić information content (AvgIpc) is 2.61. The van der Waals surface area contributed by atoms with Crippen molar-refractivity contribution in [1.29, 1.82) is 0 Å². The number of primary sulfonamides is 1. The maximum Gasteiger partial charge on any atom is 0.213 e. The van der Waals surface area contributed by atoms with Crippen LogP contribution in [-0.2, 0) is 22.2 Å². The van der Waals surface area contributed by atoms with E-state index in [2.05, 4.69) is 0 Å². The molecular weight excluding hydrogens is 350 g/mol. The van der Waals surface area contributed by atoms with Crippen molar-refractivity contribution in [3.8, 4) is 11.5 Å². The van der Waals surface area contributed by atoms with Crippen LogP contribution in [0.25, 0.3) is 10.8 Å². The molecule has 26 heavy (non-hydrogen) atoms. The predicted molar refractivity (Wildman–Crippen MR) is 103 cm³/mol. The molecule has 6 heteroatoms. The average molecular weight is 371 g/mol. The van der Waals surface area contributed by atoms with Gasteiger partial charge in [-0.05, 0) is 35.2 Å². The number of ether oxygens (including phenoxy) is 2. The van der Waals surface area contributed by atoms with Gasteiger partial charge in [0.05, 0.1) is 20.0 Å². The highest BCUT2D eigenvalue weighted by Gasteiger charge is 2.12. The number of fused-ring (bicyclic) bond motifs is 1. The van der Waals surface area contributed by atoms with Crippen LogP contribution in [0, 0.1) is 0 Å². The summed E-state index contributed by atoms with van der Waals surface area (Å²) in [5.74, 6) is 1.43. The normalized spacial score (nSPS) is 11.5. The van der Waals surface area contributed by atoms with Crippen molar-refractivity contribution in [2.24, 2.45) is 5.14 Å². The number of methoxy groups -OCH3 is 2. The maximum atomic E-state index is 11.2. The minimum Gasteiger partial charge on any atom is -0.496 e. The second-order valence-corrected chi connectivity index (χ2v) is 7.72. The fourth-order valence-corrected chi connectivity index (χ4v) is 3.78. The minimum absolute atomic E-state index is 0.160. The van der Waals surface area contributed by atoms with Crippen LogP contribution in [0.3, 0.4) is 0 Å². The van der Waals surface area contributed by atoms with Gasteiger partial charge in [0.15, 0.2) is 0 Å². The molecule has 0 aliphatic rings. The lowest BCUT2D eigenvalue weighted by Gasteiger charge is -2.14. The van der Waals surface area contributed by atoms with E-state index in [0.29, 0.717) is 12.0 Å². The van der Waals surface area contributed by atoms with Crippen molar-refractivity contribution < 1.29 is 17.9 Å². The Morgan fingerprint density at radius 2 is 1.50 bits per heavy atom. The lowest BCUT2D eigenvalue weighted by molar-refractivity contribution is 0.415. The van der Waals surface area contributed by atoms with Gasteiger partial charge in [-0.25, -0.2) is 13.6 Å². The van der Waals surface area contributed by atoms with Crippen molar-refractivity contribution in [1.82, 2.24) is 0 Å². The summed E-state index contributed by atoms with van der Waals surface area (Å²) in [6.45, 7) is 0. The molecule has 0 saturated heterocycles. The van der Waals surface area contributed by atoms with E-state index in [1.54, 1.807) is 26.4 Å². The Morgan fingerprint density at radius 1 is 0.846 bits per heavy atom. The first-order valence-electron chi connectivity index (χ1n) is 8.12. The minimum atomic E-state index is -3.52. The van der Waals surface area contributed by atoms with Crippen LogP contribution in [0.15, 0.2) is 54.6 Å². The van der Waals surface area contributed by atoms with Gasteiger partial charge in [0, 0.05) is 10.8 Å². The Hall–Kier alpha value is -2.57. The van der Waals surface area contributed by atoms with Crippen LogP contribution in [-0.4, -0.2) is 22.6 Å². The number of benzene rings is 3. The molecule has 136 valence electrons. The van der Waals surface area contributed by atoms with Crippen LogP contribution < -0.4 is 14.6 Å². The zero-order valence-electron chi connectivity index (χ0n) is 14.7. The Balaban J connectivity index is 1.99. The van der Waals surface area contributed by atoms with E-state index in [-0.39, 0.29) is 5.75 Å². The molecule has 3 aromatic rings. The molecule has 0 saturated carbocycles. The molecule has 2 N–H and O–H groups in total. The second-order valence-electron chi connectivity index (χ2n) is 6.11. The maximum absolute atomic E-state index is 11.2. The monoisotopic (exact) mass is 371 g/mol. The Bertz CT molecular complexity index is 1030. The van der Waals surface area contributed by atoms with Crippen LogP contribution in [0.5, 0.6) is 11.5 Å². The molecule has 0 aromatic heterocycles. The van der Waals surface area contributed by atoms with E-state index < -0.39 is 10.0 Å². The number of hydrogen-bond acceptors (Lipinski definition) is 4. The molecule has 5 nitrogen and oxygen atoms in total. The smallest absolute Gasteiger partial charge is 0.213 e. The lowest BCUT2D eigenvalue weighted by Crippen LogP contribution is -2.14. The molecule has 0 fully saturated rings. The van der Waals surface area contributed by atoms with E-state index in [9.17, 15) is 8.42 Å². The summed E-state index contributed by atoms with van der Waals surface area (Å²) < 4.78 is 33.4. The van der Waals surface area contributed by atoms with Gasteiger partial charge in [0.2, 0.25) is 10.0 Å². The number of hydrogen-bond donors (Lipinski definition) is 1. The van der Waals surface area contributed by atoms with Crippen LogP contribution in [0.2, 0.25) is 0 Å². The van der Waals surface area contributed by atoms with E-state index in [1.165, 1.54) is 0 Å². The third-order valence-electron chi connectivity index (χ3n) is 4.27. The van der Waals surface area contributed by atoms with Crippen molar-refractivity contribution in [2.45, 2.75) is 12.2 Å². The quantitative estimate of drug-likeness (QED) is 0.721. The van der Waals surface area contributed by atoms with E-state index in [4.69, 9.17) is 14.6 Å². The largest absolute Gasteiger partial charge is 0.496 e. The molecule has 0 atom stereocenters. The molecule has 3 rings (SSSR count). The Kier molecular flexibility index (Phi) is 5.15. The SMILES string of the molecule is COc1ccc(Cc2ccc(CS(N)(=O)=O)cc2)c2c(OC)cccc12. The summed E-state index contributed by atoms with van der Waals surface area (Å²) in [5.41, 5.74) is 2.85. The molecule has 0 unspecified atom stereocenters. The van der Waals surface area contributed by atoms with Gasteiger partial charge in [-0.1, -0.05) is 42.5 Å². The topological polar surface area (TPSA) is 78.6 Å². The van der Waals surface area contributed by atoms with Gasteiger partial charge in [0.25, 0.3) is 0 Å². The third-order valence-corrected chi connectivity index (χ3v) is 5.01. The van der Waals surface area contributed by atoms with Gasteiger partial charge in [-0.3, -0.25) is 0 Å². The van der Waals surface area contributed by atoms with E-state index in [1.807, 2.05) is 42.5 Å². The highest BCUT2D eigenvalue weighted by atomic mass is 32.2. The highest BCUT2D eigenvalue weighted by Crippen LogP contribution is 2.35. The molecule has 0 radical (unpaired) electrons. The lowest BCUT2D eigenvalue weighted by atomic mass is 9.96. The molecule has 0 heterocycles. The summed E-state index contributed by atoms with van der Waals surface area (Å²) >= 11 is 0. The molecule has 3 aromatic carbocycles. The molecule has 0 bridgehead atoms. The summed E-state index contributed by atoms with van der Waals surface area (Å²) in [7, 11) is -0.221. The molecule has 0 aliphatic heterocycles. The van der Waals surface area contributed by atoms with Gasteiger partial charge in [-0.15, -0.1) is 0 Å². The Morgan fingerprint density at radius 3 is 2.12 bits per heavy atom. The molecule has 0 amide bonds. The van der Waals surface area contributed by atoms with Crippen molar-refractivity contribution in [2.75, 3.05) is 14.2 Å². The first kappa shape index (κ1) is 18.2.